The average molecular weight is 258 g/mol. The van der Waals surface area contributed by atoms with Gasteiger partial charge in [-0.1, -0.05) is 26.7 Å². The van der Waals surface area contributed by atoms with E-state index in [0.29, 0.717) is 11.3 Å². The molecule has 1 aliphatic rings. The second-order valence-corrected chi connectivity index (χ2v) is 6.56. The van der Waals surface area contributed by atoms with Gasteiger partial charge in [-0.2, -0.15) is 11.8 Å². The van der Waals surface area contributed by atoms with Crippen LogP contribution in [0.2, 0.25) is 0 Å². The van der Waals surface area contributed by atoms with Gasteiger partial charge >= 0.3 is 0 Å². The Balaban J connectivity index is 2.49. The van der Waals surface area contributed by atoms with Crippen LogP contribution in [0.15, 0.2) is 0 Å². The van der Waals surface area contributed by atoms with Crippen molar-refractivity contribution in [3.8, 4) is 0 Å². The zero-order chi connectivity index (χ0) is 12.8. The van der Waals surface area contributed by atoms with Crippen molar-refractivity contribution in [2.24, 2.45) is 11.7 Å². The van der Waals surface area contributed by atoms with Gasteiger partial charge in [0.25, 0.3) is 0 Å². The molecule has 0 aromatic heterocycles. The molecule has 0 spiro atoms. The highest BCUT2D eigenvalue weighted by Crippen LogP contribution is 2.28. The fraction of sp³-hybridized carbons (Fsp3) is 0.923. The zero-order valence-electron chi connectivity index (χ0n) is 11.2. The summed E-state index contributed by atoms with van der Waals surface area (Å²) in [5, 5.41) is 3.79. The van der Waals surface area contributed by atoms with Gasteiger partial charge in [0.15, 0.2) is 0 Å². The lowest BCUT2D eigenvalue weighted by molar-refractivity contribution is -0.125. The quantitative estimate of drug-likeness (QED) is 0.794. The molecular formula is C13H26N2OS. The van der Waals surface area contributed by atoms with Gasteiger partial charge < -0.3 is 11.1 Å². The van der Waals surface area contributed by atoms with E-state index in [2.05, 4.69) is 12.2 Å². The van der Waals surface area contributed by atoms with Crippen LogP contribution < -0.4 is 11.1 Å². The number of thioether (sulfide) groups is 1. The Labute approximate surface area is 109 Å². The van der Waals surface area contributed by atoms with E-state index in [-0.39, 0.29) is 17.9 Å². The summed E-state index contributed by atoms with van der Waals surface area (Å²) in [6, 6.07) is 0.276. The van der Waals surface area contributed by atoms with E-state index >= 15 is 0 Å². The Morgan fingerprint density at radius 3 is 2.65 bits per heavy atom. The normalized spacial score (nSPS) is 28.5. The standard InChI is InChI=1S/C13H26N2OS/c1-4-17-12-8-6-5-7-11(12)15-13(16)9(2)10(3)14/h9-12H,4-8,14H2,1-3H3,(H,15,16). The lowest BCUT2D eigenvalue weighted by Crippen LogP contribution is -2.48. The van der Waals surface area contributed by atoms with Gasteiger partial charge in [-0.15, -0.1) is 0 Å². The summed E-state index contributed by atoms with van der Waals surface area (Å²) in [6.07, 6.45) is 4.89. The van der Waals surface area contributed by atoms with Crippen molar-refractivity contribution in [1.29, 1.82) is 0 Å². The van der Waals surface area contributed by atoms with E-state index in [4.69, 9.17) is 5.73 Å². The molecule has 1 rings (SSSR count). The molecule has 1 saturated carbocycles. The van der Waals surface area contributed by atoms with Crippen LogP contribution in [0.1, 0.15) is 46.5 Å². The van der Waals surface area contributed by atoms with Gasteiger partial charge in [0.2, 0.25) is 5.91 Å². The number of hydrogen-bond donors (Lipinski definition) is 2. The second-order valence-electron chi connectivity index (χ2n) is 5.04. The number of carbonyl (C=O) groups is 1. The first-order valence-electron chi connectivity index (χ1n) is 6.73. The van der Waals surface area contributed by atoms with E-state index in [0.717, 1.165) is 12.2 Å². The predicted molar refractivity (Wildman–Crippen MR) is 75.1 cm³/mol. The summed E-state index contributed by atoms with van der Waals surface area (Å²) in [5.41, 5.74) is 5.77. The maximum absolute atomic E-state index is 12.0. The van der Waals surface area contributed by atoms with Gasteiger partial charge in [-0.3, -0.25) is 4.79 Å². The van der Waals surface area contributed by atoms with E-state index in [1.54, 1.807) is 0 Å². The molecule has 0 aliphatic heterocycles. The Hall–Kier alpha value is -0.220. The molecular weight excluding hydrogens is 232 g/mol. The molecule has 17 heavy (non-hydrogen) atoms. The monoisotopic (exact) mass is 258 g/mol. The van der Waals surface area contributed by atoms with Crippen molar-refractivity contribution < 1.29 is 4.79 Å². The summed E-state index contributed by atoms with van der Waals surface area (Å²) in [5.74, 6) is 1.15. The number of rotatable bonds is 5. The highest BCUT2D eigenvalue weighted by Gasteiger charge is 2.28. The lowest BCUT2D eigenvalue weighted by atomic mass is 9.93. The van der Waals surface area contributed by atoms with Crippen LogP contribution in [0.5, 0.6) is 0 Å². The second kappa shape index (κ2) is 7.27. The van der Waals surface area contributed by atoms with Crippen molar-refractivity contribution in [3.63, 3.8) is 0 Å². The number of nitrogens with two attached hydrogens (primary N) is 1. The predicted octanol–water partition coefficient (Wildman–Crippen LogP) is 2.15. The van der Waals surface area contributed by atoms with E-state index in [1.807, 2.05) is 25.6 Å². The van der Waals surface area contributed by atoms with E-state index in [1.165, 1.54) is 19.3 Å². The van der Waals surface area contributed by atoms with Gasteiger partial charge in [0.1, 0.15) is 0 Å². The first kappa shape index (κ1) is 14.8. The topological polar surface area (TPSA) is 55.1 Å². The molecule has 0 aromatic rings. The third-order valence-corrected chi connectivity index (χ3v) is 4.94. The highest BCUT2D eigenvalue weighted by molar-refractivity contribution is 7.99. The number of hydrogen-bond acceptors (Lipinski definition) is 3. The molecule has 3 N–H and O–H groups in total. The molecule has 100 valence electrons. The Bertz CT molecular complexity index is 244. The third kappa shape index (κ3) is 4.51. The van der Waals surface area contributed by atoms with Crippen molar-refractivity contribution in [2.45, 2.75) is 63.8 Å². The average Bonchev–Trinajstić information content (AvgIpc) is 2.30. The first-order valence-corrected chi connectivity index (χ1v) is 7.78. The van der Waals surface area contributed by atoms with Gasteiger partial charge in [0, 0.05) is 23.3 Å². The van der Waals surface area contributed by atoms with Crippen LogP contribution in [0.4, 0.5) is 0 Å². The summed E-state index contributed by atoms with van der Waals surface area (Å²) < 4.78 is 0. The molecule has 4 heteroatoms. The minimum absolute atomic E-state index is 0.0733. The summed E-state index contributed by atoms with van der Waals surface area (Å²) in [4.78, 5) is 12.0. The molecule has 3 nitrogen and oxygen atoms in total. The Morgan fingerprint density at radius 1 is 1.41 bits per heavy atom. The molecule has 1 aliphatic carbocycles. The van der Waals surface area contributed by atoms with Crippen LogP contribution in [0.25, 0.3) is 0 Å². The molecule has 0 heterocycles. The molecule has 0 bridgehead atoms. The Morgan fingerprint density at radius 2 is 2.06 bits per heavy atom. The third-order valence-electron chi connectivity index (χ3n) is 3.61. The summed E-state index contributed by atoms with van der Waals surface area (Å²) >= 11 is 1.98. The molecule has 0 aromatic carbocycles. The number of nitrogens with one attached hydrogen (secondary N) is 1. The minimum atomic E-state index is -0.0933. The molecule has 1 amide bonds. The van der Waals surface area contributed by atoms with Crippen molar-refractivity contribution in [2.75, 3.05) is 5.75 Å². The fourth-order valence-corrected chi connectivity index (χ4v) is 3.43. The van der Waals surface area contributed by atoms with Crippen molar-refractivity contribution in [1.82, 2.24) is 5.32 Å². The molecule has 1 fully saturated rings. The van der Waals surface area contributed by atoms with Crippen molar-refractivity contribution >= 4 is 17.7 Å². The summed E-state index contributed by atoms with van der Waals surface area (Å²) in [7, 11) is 0. The maximum atomic E-state index is 12.0. The molecule has 0 radical (unpaired) electrons. The fourth-order valence-electron chi connectivity index (χ4n) is 2.23. The van der Waals surface area contributed by atoms with Crippen LogP contribution in [-0.2, 0) is 4.79 Å². The number of amides is 1. The van der Waals surface area contributed by atoms with E-state index in [9.17, 15) is 4.79 Å². The smallest absolute Gasteiger partial charge is 0.224 e. The Kier molecular flexibility index (Phi) is 6.34. The molecule has 4 atom stereocenters. The van der Waals surface area contributed by atoms with Gasteiger partial charge in [-0.25, -0.2) is 0 Å². The van der Waals surface area contributed by atoms with Crippen LogP contribution in [0.3, 0.4) is 0 Å². The van der Waals surface area contributed by atoms with E-state index < -0.39 is 0 Å². The highest BCUT2D eigenvalue weighted by atomic mass is 32.2. The molecule has 0 saturated heterocycles. The van der Waals surface area contributed by atoms with Crippen LogP contribution in [-0.4, -0.2) is 29.0 Å². The largest absolute Gasteiger partial charge is 0.352 e. The van der Waals surface area contributed by atoms with Gasteiger partial charge in [0.05, 0.1) is 0 Å². The first-order chi connectivity index (χ1) is 8.06. The zero-order valence-corrected chi connectivity index (χ0v) is 12.1. The summed E-state index contributed by atoms with van der Waals surface area (Å²) in [6.45, 7) is 5.98. The maximum Gasteiger partial charge on any atom is 0.224 e. The molecule has 4 unspecified atom stereocenters. The lowest BCUT2D eigenvalue weighted by Gasteiger charge is -2.32. The van der Waals surface area contributed by atoms with Crippen molar-refractivity contribution in [3.05, 3.63) is 0 Å². The SMILES string of the molecule is CCSC1CCCCC1NC(=O)C(C)C(C)N. The number of carbonyl (C=O) groups excluding carboxylic acids is 1. The minimum Gasteiger partial charge on any atom is -0.352 e. The van der Waals surface area contributed by atoms with Crippen LogP contribution in [0, 0.1) is 5.92 Å². The van der Waals surface area contributed by atoms with Gasteiger partial charge in [-0.05, 0) is 25.5 Å². The van der Waals surface area contributed by atoms with Crippen LogP contribution >= 0.6 is 11.8 Å².